The minimum Gasteiger partial charge on any atom is -0.340 e. The van der Waals surface area contributed by atoms with Crippen LogP contribution in [-0.2, 0) is 24.2 Å². The summed E-state index contributed by atoms with van der Waals surface area (Å²) in [7, 11) is 0. The van der Waals surface area contributed by atoms with Gasteiger partial charge in [0.05, 0.1) is 30.7 Å². The minimum absolute atomic E-state index is 0.0992. The Hall–Kier alpha value is -3.14. The fourth-order valence-corrected chi connectivity index (χ4v) is 4.77. The van der Waals surface area contributed by atoms with Gasteiger partial charge in [-0.25, -0.2) is 0 Å². The molecule has 1 amide bonds. The monoisotopic (exact) mass is 464 g/mol. The summed E-state index contributed by atoms with van der Waals surface area (Å²) in [5, 5.41) is 29.2. The van der Waals surface area contributed by atoms with Crippen LogP contribution in [0.5, 0.6) is 0 Å². The third-order valence-corrected chi connectivity index (χ3v) is 6.67. The van der Waals surface area contributed by atoms with E-state index in [-0.39, 0.29) is 24.5 Å². The van der Waals surface area contributed by atoms with Crippen LogP contribution in [0.2, 0.25) is 0 Å². The van der Waals surface area contributed by atoms with Gasteiger partial charge in [-0.05, 0) is 23.4 Å². The second-order valence-electron chi connectivity index (χ2n) is 7.03. The van der Waals surface area contributed by atoms with Crippen molar-refractivity contribution in [2.24, 2.45) is 0 Å². The molecule has 0 aliphatic heterocycles. The molecule has 0 atom stereocenters. The lowest BCUT2D eigenvalue weighted by atomic mass is 10.1. The molecule has 164 valence electrons. The first-order valence-corrected chi connectivity index (χ1v) is 12.2. The molecule has 0 N–H and O–H groups in total. The van der Waals surface area contributed by atoms with Crippen molar-refractivity contribution in [1.29, 1.82) is 10.5 Å². The van der Waals surface area contributed by atoms with Gasteiger partial charge in [0.1, 0.15) is 5.82 Å². The van der Waals surface area contributed by atoms with Gasteiger partial charge in [0.2, 0.25) is 5.91 Å². The van der Waals surface area contributed by atoms with Crippen LogP contribution in [0.1, 0.15) is 29.1 Å². The number of hydrogen-bond acceptors (Lipinski definition) is 7. The number of carbonyl (C=O) groups is 1. The fourth-order valence-electron chi connectivity index (χ4n) is 3.18. The maximum Gasteiger partial charge on any atom is 0.233 e. The van der Waals surface area contributed by atoms with Gasteiger partial charge in [0.15, 0.2) is 5.16 Å². The molecule has 9 heteroatoms. The summed E-state index contributed by atoms with van der Waals surface area (Å²) < 4.78 is 2.10. The lowest BCUT2D eigenvalue weighted by Gasteiger charge is -2.20. The Labute approximate surface area is 196 Å². The summed E-state index contributed by atoms with van der Waals surface area (Å²) in [6.45, 7) is 1.39. The molecule has 0 spiro atoms. The molecule has 3 aromatic rings. The molecular weight excluding hydrogens is 440 g/mol. The normalized spacial score (nSPS) is 10.4. The number of benzene rings is 1. The highest BCUT2D eigenvalue weighted by Gasteiger charge is 2.18. The van der Waals surface area contributed by atoms with Gasteiger partial charge in [-0.2, -0.15) is 10.5 Å². The molecule has 0 fully saturated rings. The Kier molecular flexibility index (Phi) is 9.30. The lowest BCUT2D eigenvalue weighted by molar-refractivity contribution is -0.128. The number of thiophene rings is 1. The maximum absolute atomic E-state index is 12.7. The Morgan fingerprint density at radius 3 is 2.47 bits per heavy atom. The van der Waals surface area contributed by atoms with Gasteiger partial charge in [-0.3, -0.25) is 4.79 Å². The third-order valence-electron chi connectivity index (χ3n) is 4.84. The van der Waals surface area contributed by atoms with E-state index in [1.807, 2.05) is 29.6 Å². The predicted octanol–water partition coefficient (Wildman–Crippen LogP) is 3.92. The Morgan fingerprint density at radius 2 is 1.81 bits per heavy atom. The zero-order valence-electron chi connectivity index (χ0n) is 17.7. The second-order valence-corrected chi connectivity index (χ2v) is 9.00. The Morgan fingerprint density at radius 1 is 1.06 bits per heavy atom. The van der Waals surface area contributed by atoms with Crippen LogP contribution in [0.15, 0.2) is 53.0 Å². The van der Waals surface area contributed by atoms with E-state index in [0.717, 1.165) is 18.8 Å². The van der Waals surface area contributed by atoms with Crippen molar-refractivity contribution in [3.8, 4) is 12.1 Å². The summed E-state index contributed by atoms with van der Waals surface area (Å²) in [5.74, 6) is 0.973. The molecule has 0 saturated carbocycles. The van der Waals surface area contributed by atoms with Gasteiger partial charge in [0.25, 0.3) is 0 Å². The van der Waals surface area contributed by atoms with Crippen molar-refractivity contribution < 1.29 is 4.79 Å². The summed E-state index contributed by atoms with van der Waals surface area (Å²) in [4.78, 5) is 15.5. The topological polar surface area (TPSA) is 98.6 Å². The average Bonchev–Trinajstić information content (AvgIpc) is 3.47. The van der Waals surface area contributed by atoms with Crippen molar-refractivity contribution in [3.05, 3.63) is 64.1 Å². The third kappa shape index (κ3) is 6.94. The molecular formula is C23H24N6OS2. The molecule has 0 aliphatic rings. The van der Waals surface area contributed by atoms with E-state index in [2.05, 4.69) is 45.1 Å². The van der Waals surface area contributed by atoms with E-state index in [4.69, 9.17) is 10.5 Å². The maximum atomic E-state index is 12.7. The molecule has 1 aromatic carbocycles. The molecule has 2 heterocycles. The van der Waals surface area contributed by atoms with Crippen molar-refractivity contribution in [3.63, 3.8) is 0 Å². The fraction of sp³-hybridized carbons (Fsp3) is 0.348. The zero-order chi connectivity index (χ0) is 22.6. The van der Waals surface area contributed by atoms with E-state index in [1.54, 1.807) is 16.2 Å². The predicted molar refractivity (Wildman–Crippen MR) is 125 cm³/mol. The van der Waals surface area contributed by atoms with Crippen LogP contribution in [0.25, 0.3) is 0 Å². The van der Waals surface area contributed by atoms with Gasteiger partial charge >= 0.3 is 0 Å². The van der Waals surface area contributed by atoms with E-state index in [9.17, 15) is 4.79 Å². The molecule has 0 bridgehead atoms. The molecule has 0 radical (unpaired) electrons. The smallest absolute Gasteiger partial charge is 0.233 e. The number of carbonyl (C=O) groups excluding carboxylic acids is 1. The molecule has 7 nitrogen and oxygen atoms in total. The number of aryl methyl sites for hydroxylation is 1. The molecule has 32 heavy (non-hydrogen) atoms. The summed E-state index contributed by atoms with van der Waals surface area (Å²) in [6.07, 6.45) is 2.04. The molecule has 3 rings (SSSR count). The van der Waals surface area contributed by atoms with Crippen molar-refractivity contribution in [1.82, 2.24) is 19.7 Å². The SMILES string of the molecule is N#CCCN(CCC#N)C(=O)CSc1nnc(Cc2cccs2)n1CCc1ccccc1. The molecule has 2 aromatic heterocycles. The van der Waals surface area contributed by atoms with Crippen LogP contribution < -0.4 is 0 Å². The van der Waals surface area contributed by atoms with Gasteiger partial charge in [-0.1, -0.05) is 48.2 Å². The minimum atomic E-state index is -0.0992. The number of hydrogen-bond donors (Lipinski definition) is 0. The highest BCUT2D eigenvalue weighted by atomic mass is 32.2. The molecule has 0 unspecified atom stereocenters. The number of nitriles is 2. The highest BCUT2D eigenvalue weighted by molar-refractivity contribution is 7.99. The first-order chi connectivity index (χ1) is 15.7. The Balaban J connectivity index is 1.71. The largest absolute Gasteiger partial charge is 0.340 e. The quantitative estimate of drug-likeness (QED) is 0.377. The first kappa shape index (κ1) is 23.5. The highest BCUT2D eigenvalue weighted by Crippen LogP contribution is 2.22. The van der Waals surface area contributed by atoms with Gasteiger partial charge in [0, 0.05) is 30.9 Å². The van der Waals surface area contributed by atoms with Gasteiger partial charge < -0.3 is 9.47 Å². The molecule has 0 aliphatic carbocycles. The van der Waals surface area contributed by atoms with Crippen LogP contribution in [0.4, 0.5) is 0 Å². The Bertz CT molecular complexity index is 1050. The van der Waals surface area contributed by atoms with E-state index >= 15 is 0 Å². The number of thioether (sulfide) groups is 1. The number of amides is 1. The second kappa shape index (κ2) is 12.7. The first-order valence-electron chi connectivity index (χ1n) is 10.3. The van der Waals surface area contributed by atoms with E-state index < -0.39 is 0 Å². The number of rotatable bonds is 12. The van der Waals surface area contributed by atoms with Crippen LogP contribution in [0.3, 0.4) is 0 Å². The standard InChI is InChI=1S/C23H24N6OS2/c24-11-5-13-28(14-6-12-25)22(30)18-32-23-27-26-21(17-20-9-4-16-31-20)29(23)15-10-19-7-2-1-3-8-19/h1-4,7-9,16H,5-6,10,13-15,17-18H2. The van der Waals surface area contributed by atoms with Crippen molar-refractivity contribution in [2.45, 2.75) is 37.4 Å². The average molecular weight is 465 g/mol. The summed E-state index contributed by atoms with van der Waals surface area (Å²) in [5.41, 5.74) is 1.23. The van der Waals surface area contributed by atoms with Crippen molar-refractivity contribution >= 4 is 29.0 Å². The molecule has 0 saturated heterocycles. The summed E-state index contributed by atoms with van der Waals surface area (Å²) in [6, 6.07) is 18.5. The van der Waals surface area contributed by atoms with E-state index in [1.165, 1.54) is 22.2 Å². The number of aromatic nitrogens is 3. The summed E-state index contributed by atoms with van der Waals surface area (Å²) >= 11 is 3.04. The van der Waals surface area contributed by atoms with Crippen LogP contribution in [-0.4, -0.2) is 44.4 Å². The lowest BCUT2D eigenvalue weighted by Crippen LogP contribution is -2.34. The van der Waals surface area contributed by atoms with Gasteiger partial charge in [-0.15, -0.1) is 21.5 Å². The number of nitrogens with zero attached hydrogens (tertiary/aromatic N) is 6. The van der Waals surface area contributed by atoms with Crippen LogP contribution in [0, 0.1) is 22.7 Å². The van der Waals surface area contributed by atoms with Crippen molar-refractivity contribution in [2.75, 3.05) is 18.8 Å². The van der Waals surface area contributed by atoms with E-state index in [0.29, 0.717) is 24.7 Å². The van der Waals surface area contributed by atoms with Crippen LogP contribution >= 0.6 is 23.1 Å². The zero-order valence-corrected chi connectivity index (χ0v) is 19.3.